The molecule has 0 atom stereocenters. The highest BCUT2D eigenvalue weighted by molar-refractivity contribution is 4.90. The summed E-state index contributed by atoms with van der Waals surface area (Å²) in [5.41, 5.74) is 0. The van der Waals surface area contributed by atoms with E-state index in [-0.39, 0.29) is 6.61 Å². The Labute approximate surface area is 50.3 Å². The largest absolute Gasteiger partial charge is 0.392 e. The first kappa shape index (κ1) is 7.44. The van der Waals surface area contributed by atoms with Crippen LogP contribution in [0.4, 0.5) is 0 Å². The van der Waals surface area contributed by atoms with Crippen molar-refractivity contribution in [1.82, 2.24) is 0 Å². The molecule has 0 bridgehead atoms. The highest BCUT2D eigenvalue weighted by atomic mass is 16.2. The smallest absolute Gasteiger partial charge is 0.0612 e. The number of allylic oxidation sites excluding steroid dienone is 3. The van der Waals surface area contributed by atoms with Crippen molar-refractivity contribution in [3.63, 3.8) is 0 Å². The number of aliphatic hydroxyl groups excluding tert-OH is 1. The molecule has 0 spiro atoms. The summed E-state index contributed by atoms with van der Waals surface area (Å²) in [7, 11) is 0. The Morgan fingerprint density at radius 1 is 1.25 bits per heavy atom. The molecule has 0 aromatic carbocycles. The van der Waals surface area contributed by atoms with Gasteiger partial charge in [-0.25, -0.2) is 0 Å². The van der Waals surface area contributed by atoms with Crippen LogP contribution in [0.3, 0.4) is 0 Å². The molecule has 1 heteroatoms. The van der Waals surface area contributed by atoms with Gasteiger partial charge < -0.3 is 5.11 Å². The summed E-state index contributed by atoms with van der Waals surface area (Å²) in [5.74, 6) is 0. The summed E-state index contributed by atoms with van der Waals surface area (Å²) in [6, 6.07) is 0. The predicted molar refractivity (Wildman–Crippen MR) is 35.7 cm³/mol. The van der Waals surface area contributed by atoms with Crippen LogP contribution in [0.15, 0.2) is 24.3 Å². The van der Waals surface area contributed by atoms with Gasteiger partial charge in [0.15, 0.2) is 0 Å². The molecule has 0 aromatic heterocycles. The van der Waals surface area contributed by atoms with Crippen molar-refractivity contribution >= 4 is 0 Å². The van der Waals surface area contributed by atoms with E-state index in [0.29, 0.717) is 0 Å². The molecule has 0 saturated carbocycles. The van der Waals surface area contributed by atoms with Crippen LogP contribution in [0.5, 0.6) is 0 Å². The molecule has 0 radical (unpaired) electrons. The van der Waals surface area contributed by atoms with Gasteiger partial charge in [0.1, 0.15) is 0 Å². The first-order valence-corrected chi connectivity index (χ1v) is 2.78. The SMILES string of the molecule is C/C=C\C/C=C/CO. The zero-order chi connectivity index (χ0) is 6.24. The average molecular weight is 112 g/mol. The lowest BCUT2D eigenvalue weighted by molar-refractivity contribution is 0.342. The van der Waals surface area contributed by atoms with E-state index in [4.69, 9.17) is 5.11 Å². The van der Waals surface area contributed by atoms with E-state index in [1.54, 1.807) is 6.08 Å². The van der Waals surface area contributed by atoms with Gasteiger partial charge in [0.05, 0.1) is 6.61 Å². The van der Waals surface area contributed by atoms with Crippen molar-refractivity contribution in [3.05, 3.63) is 24.3 Å². The highest BCUT2D eigenvalue weighted by Gasteiger charge is 1.65. The second-order valence-corrected chi connectivity index (χ2v) is 1.46. The van der Waals surface area contributed by atoms with Crippen molar-refractivity contribution in [3.8, 4) is 0 Å². The van der Waals surface area contributed by atoms with Crippen LogP contribution in [0.25, 0.3) is 0 Å². The van der Waals surface area contributed by atoms with E-state index in [1.165, 1.54) is 0 Å². The van der Waals surface area contributed by atoms with Gasteiger partial charge in [-0.15, -0.1) is 0 Å². The lowest BCUT2D eigenvalue weighted by Crippen LogP contribution is -1.68. The van der Waals surface area contributed by atoms with Crippen LogP contribution < -0.4 is 0 Å². The summed E-state index contributed by atoms with van der Waals surface area (Å²) >= 11 is 0. The predicted octanol–water partition coefficient (Wildman–Crippen LogP) is 1.50. The maximum Gasteiger partial charge on any atom is 0.0612 e. The van der Waals surface area contributed by atoms with E-state index in [9.17, 15) is 0 Å². The quantitative estimate of drug-likeness (QED) is 0.548. The minimum Gasteiger partial charge on any atom is -0.392 e. The second-order valence-electron chi connectivity index (χ2n) is 1.46. The lowest BCUT2D eigenvalue weighted by atomic mass is 10.3. The van der Waals surface area contributed by atoms with Crippen LogP contribution in [-0.4, -0.2) is 11.7 Å². The van der Waals surface area contributed by atoms with Crippen molar-refractivity contribution in [1.29, 1.82) is 0 Å². The van der Waals surface area contributed by atoms with Crippen molar-refractivity contribution in [2.24, 2.45) is 0 Å². The van der Waals surface area contributed by atoms with Gasteiger partial charge in [0.25, 0.3) is 0 Å². The van der Waals surface area contributed by atoms with Gasteiger partial charge in [-0.2, -0.15) is 0 Å². The standard InChI is InChI=1S/C7H12O/c1-2-3-4-5-6-7-8/h2-3,5-6,8H,4,7H2,1H3/b3-2-,6-5+. The highest BCUT2D eigenvalue weighted by Crippen LogP contribution is 1.83. The Hall–Kier alpha value is -0.560. The van der Waals surface area contributed by atoms with Gasteiger partial charge >= 0.3 is 0 Å². The Balaban J connectivity index is 3.03. The Bertz CT molecular complexity index is 82.4. The molecule has 0 heterocycles. The zero-order valence-electron chi connectivity index (χ0n) is 5.17. The molecule has 0 unspecified atom stereocenters. The molecule has 0 aromatic rings. The summed E-state index contributed by atoms with van der Waals surface area (Å²) in [4.78, 5) is 0. The van der Waals surface area contributed by atoms with E-state index in [0.717, 1.165) is 6.42 Å². The molecule has 0 amide bonds. The van der Waals surface area contributed by atoms with Gasteiger partial charge in [-0.3, -0.25) is 0 Å². The molecule has 0 aliphatic heterocycles. The van der Waals surface area contributed by atoms with E-state index < -0.39 is 0 Å². The third kappa shape index (κ3) is 5.44. The number of aliphatic hydroxyl groups is 1. The third-order valence-electron chi connectivity index (χ3n) is 0.780. The Kier molecular flexibility index (Phi) is 5.99. The normalized spacial score (nSPS) is 11.8. The zero-order valence-corrected chi connectivity index (χ0v) is 5.17. The molecule has 0 rings (SSSR count). The fourth-order valence-corrected chi connectivity index (χ4v) is 0.385. The molecule has 1 nitrogen and oxygen atoms in total. The molecule has 46 valence electrons. The van der Waals surface area contributed by atoms with Gasteiger partial charge in [0, 0.05) is 0 Å². The van der Waals surface area contributed by atoms with Crippen molar-refractivity contribution in [2.75, 3.05) is 6.61 Å². The molecule has 8 heavy (non-hydrogen) atoms. The van der Waals surface area contributed by atoms with E-state index in [1.807, 2.05) is 25.2 Å². The maximum absolute atomic E-state index is 8.25. The molecular formula is C7H12O. The fourth-order valence-electron chi connectivity index (χ4n) is 0.385. The van der Waals surface area contributed by atoms with Crippen molar-refractivity contribution < 1.29 is 5.11 Å². The van der Waals surface area contributed by atoms with E-state index in [2.05, 4.69) is 0 Å². The summed E-state index contributed by atoms with van der Waals surface area (Å²) in [6.45, 7) is 2.13. The minimum absolute atomic E-state index is 0.150. The van der Waals surface area contributed by atoms with E-state index >= 15 is 0 Å². The van der Waals surface area contributed by atoms with Crippen LogP contribution in [0.2, 0.25) is 0 Å². The summed E-state index contributed by atoms with van der Waals surface area (Å²) < 4.78 is 0. The Morgan fingerprint density at radius 2 is 2.00 bits per heavy atom. The maximum atomic E-state index is 8.25. The minimum atomic E-state index is 0.150. The molecular weight excluding hydrogens is 100 g/mol. The van der Waals surface area contributed by atoms with Crippen LogP contribution in [0.1, 0.15) is 13.3 Å². The van der Waals surface area contributed by atoms with Crippen LogP contribution >= 0.6 is 0 Å². The fraction of sp³-hybridized carbons (Fsp3) is 0.429. The summed E-state index contributed by atoms with van der Waals surface area (Å²) in [5, 5.41) is 8.25. The molecule has 0 fully saturated rings. The first-order valence-electron chi connectivity index (χ1n) is 2.78. The number of rotatable bonds is 3. The topological polar surface area (TPSA) is 20.2 Å². The molecule has 0 saturated heterocycles. The van der Waals surface area contributed by atoms with Gasteiger partial charge in [-0.05, 0) is 13.3 Å². The third-order valence-corrected chi connectivity index (χ3v) is 0.780. The Morgan fingerprint density at radius 3 is 2.50 bits per heavy atom. The molecule has 0 aliphatic rings. The molecule has 0 aliphatic carbocycles. The average Bonchev–Trinajstić information content (AvgIpc) is 1.81. The molecule has 1 N–H and O–H groups in total. The van der Waals surface area contributed by atoms with Crippen LogP contribution in [0, 0.1) is 0 Å². The second kappa shape index (κ2) is 6.44. The number of hydrogen-bond acceptors (Lipinski definition) is 1. The lowest BCUT2D eigenvalue weighted by Gasteiger charge is -1.77. The number of hydrogen-bond donors (Lipinski definition) is 1. The monoisotopic (exact) mass is 112 g/mol. The van der Waals surface area contributed by atoms with Gasteiger partial charge in [0.2, 0.25) is 0 Å². The summed E-state index contributed by atoms with van der Waals surface area (Å²) in [6.07, 6.45) is 8.62. The van der Waals surface area contributed by atoms with Crippen molar-refractivity contribution in [2.45, 2.75) is 13.3 Å². The van der Waals surface area contributed by atoms with Gasteiger partial charge in [-0.1, -0.05) is 24.3 Å². The first-order chi connectivity index (χ1) is 3.91. The van der Waals surface area contributed by atoms with Crippen LogP contribution in [-0.2, 0) is 0 Å².